The molecule has 0 aromatic rings. The second kappa shape index (κ2) is 6.41. The van der Waals surface area contributed by atoms with Crippen molar-refractivity contribution in [3.8, 4) is 0 Å². The van der Waals surface area contributed by atoms with E-state index in [1.54, 1.807) is 12.0 Å². The highest BCUT2D eigenvalue weighted by Gasteiger charge is 2.47. The highest BCUT2D eigenvalue weighted by molar-refractivity contribution is 6.06. The van der Waals surface area contributed by atoms with E-state index in [1.165, 1.54) is 0 Å². The van der Waals surface area contributed by atoms with Gasteiger partial charge in [-0.05, 0) is 25.7 Å². The molecule has 2 rings (SSSR count). The van der Waals surface area contributed by atoms with Gasteiger partial charge in [0.05, 0.1) is 6.10 Å². The zero-order chi connectivity index (χ0) is 14.6. The third-order valence-corrected chi connectivity index (χ3v) is 4.35. The SMILES string of the molecule is COC1CCCN(C(=O)C2(C(N)=NO)CCOCC2)C1. The Morgan fingerprint density at radius 3 is 2.80 bits per heavy atom. The Kier molecular flexibility index (Phi) is 4.82. The maximum absolute atomic E-state index is 12.9. The number of methoxy groups -OCH3 is 1. The summed E-state index contributed by atoms with van der Waals surface area (Å²) < 4.78 is 10.7. The van der Waals surface area contributed by atoms with Gasteiger partial charge in [-0.1, -0.05) is 5.16 Å². The van der Waals surface area contributed by atoms with E-state index < -0.39 is 5.41 Å². The van der Waals surface area contributed by atoms with Crippen molar-refractivity contribution in [2.45, 2.75) is 31.8 Å². The van der Waals surface area contributed by atoms with Crippen LogP contribution in [-0.2, 0) is 14.3 Å². The normalized spacial score (nSPS) is 27.4. The summed E-state index contributed by atoms with van der Waals surface area (Å²) in [5.74, 6) is -0.0804. The van der Waals surface area contributed by atoms with Gasteiger partial charge in [-0.25, -0.2) is 0 Å². The van der Waals surface area contributed by atoms with E-state index in [-0.39, 0.29) is 17.8 Å². The van der Waals surface area contributed by atoms with Crippen molar-refractivity contribution in [3.63, 3.8) is 0 Å². The van der Waals surface area contributed by atoms with Gasteiger partial charge in [-0.15, -0.1) is 0 Å². The number of rotatable bonds is 3. The van der Waals surface area contributed by atoms with Crippen molar-refractivity contribution in [2.24, 2.45) is 16.3 Å². The van der Waals surface area contributed by atoms with Crippen LogP contribution in [0, 0.1) is 5.41 Å². The van der Waals surface area contributed by atoms with Crippen LogP contribution in [0.4, 0.5) is 0 Å². The molecule has 1 atom stereocenters. The van der Waals surface area contributed by atoms with Crippen LogP contribution in [0.5, 0.6) is 0 Å². The van der Waals surface area contributed by atoms with E-state index in [0.29, 0.717) is 39.1 Å². The average Bonchev–Trinajstić information content (AvgIpc) is 2.54. The first-order chi connectivity index (χ1) is 9.64. The quantitative estimate of drug-likeness (QED) is 0.333. The lowest BCUT2D eigenvalue weighted by molar-refractivity contribution is -0.146. The number of ether oxygens (including phenoxy) is 2. The van der Waals surface area contributed by atoms with Crippen LogP contribution in [0.15, 0.2) is 5.16 Å². The highest BCUT2D eigenvalue weighted by atomic mass is 16.5. The lowest BCUT2D eigenvalue weighted by atomic mass is 9.77. The van der Waals surface area contributed by atoms with Crippen LogP contribution in [-0.4, -0.2) is 61.4 Å². The molecule has 2 fully saturated rings. The number of nitrogens with zero attached hydrogens (tertiary/aromatic N) is 2. The maximum Gasteiger partial charge on any atom is 0.236 e. The summed E-state index contributed by atoms with van der Waals surface area (Å²) in [6.07, 6.45) is 2.84. The number of carbonyl (C=O) groups is 1. The second-order valence-corrected chi connectivity index (χ2v) is 5.43. The summed E-state index contributed by atoms with van der Waals surface area (Å²) in [6, 6.07) is 0. The second-order valence-electron chi connectivity index (χ2n) is 5.43. The van der Waals surface area contributed by atoms with Gasteiger partial charge in [0.25, 0.3) is 0 Å². The minimum Gasteiger partial charge on any atom is -0.409 e. The molecule has 0 spiro atoms. The Labute approximate surface area is 118 Å². The molecule has 3 N–H and O–H groups in total. The number of amides is 1. The molecule has 7 nitrogen and oxygen atoms in total. The average molecular weight is 285 g/mol. The minimum absolute atomic E-state index is 0.00894. The van der Waals surface area contributed by atoms with Crippen molar-refractivity contribution < 1.29 is 19.5 Å². The van der Waals surface area contributed by atoms with E-state index in [9.17, 15) is 4.79 Å². The van der Waals surface area contributed by atoms with Gasteiger partial charge < -0.3 is 25.3 Å². The summed E-state index contributed by atoms with van der Waals surface area (Å²) >= 11 is 0. The summed E-state index contributed by atoms with van der Waals surface area (Å²) in [4.78, 5) is 14.7. The number of hydrogen-bond donors (Lipinski definition) is 2. The molecule has 0 aromatic heterocycles. The summed E-state index contributed by atoms with van der Waals surface area (Å²) in [6.45, 7) is 2.16. The zero-order valence-corrected chi connectivity index (χ0v) is 11.9. The number of carbonyl (C=O) groups excluding carboxylic acids is 1. The van der Waals surface area contributed by atoms with Crippen LogP contribution >= 0.6 is 0 Å². The fourth-order valence-corrected chi connectivity index (χ4v) is 3.01. The monoisotopic (exact) mass is 285 g/mol. The van der Waals surface area contributed by atoms with Crippen molar-refractivity contribution in [3.05, 3.63) is 0 Å². The fraction of sp³-hybridized carbons (Fsp3) is 0.846. The number of nitrogens with two attached hydrogens (primary N) is 1. The first-order valence-corrected chi connectivity index (χ1v) is 7.02. The van der Waals surface area contributed by atoms with Crippen LogP contribution in [0.1, 0.15) is 25.7 Å². The van der Waals surface area contributed by atoms with Crippen LogP contribution in [0.3, 0.4) is 0 Å². The van der Waals surface area contributed by atoms with Crippen LogP contribution < -0.4 is 5.73 Å². The number of likely N-dealkylation sites (tertiary alicyclic amines) is 1. The van der Waals surface area contributed by atoms with Gasteiger partial charge in [0.15, 0.2) is 5.84 Å². The van der Waals surface area contributed by atoms with Crippen LogP contribution in [0.2, 0.25) is 0 Å². The first-order valence-electron chi connectivity index (χ1n) is 7.02. The van der Waals surface area contributed by atoms with Gasteiger partial charge >= 0.3 is 0 Å². The van der Waals surface area contributed by atoms with Crippen molar-refractivity contribution in [1.82, 2.24) is 4.90 Å². The molecule has 20 heavy (non-hydrogen) atoms. The lowest BCUT2D eigenvalue weighted by Gasteiger charge is -2.41. The molecule has 2 aliphatic rings. The predicted octanol–water partition coefficient (Wildman–Crippen LogP) is 0.167. The van der Waals surface area contributed by atoms with E-state index in [1.807, 2.05) is 0 Å². The van der Waals surface area contributed by atoms with E-state index in [4.69, 9.17) is 20.4 Å². The summed E-state index contributed by atoms with van der Waals surface area (Å²) in [5, 5.41) is 12.1. The van der Waals surface area contributed by atoms with Gasteiger partial charge in [0, 0.05) is 33.4 Å². The summed E-state index contributed by atoms with van der Waals surface area (Å²) in [5.41, 5.74) is 4.90. The first kappa shape index (κ1) is 15.1. The molecule has 0 saturated carbocycles. The number of oxime groups is 1. The molecule has 0 aliphatic carbocycles. The minimum atomic E-state index is -0.928. The largest absolute Gasteiger partial charge is 0.409 e. The lowest BCUT2D eigenvalue weighted by Crippen LogP contribution is -2.56. The molecule has 0 bridgehead atoms. The third kappa shape index (κ3) is 2.73. The van der Waals surface area contributed by atoms with E-state index >= 15 is 0 Å². The Bertz CT molecular complexity index is 380. The van der Waals surface area contributed by atoms with Gasteiger partial charge in [-0.3, -0.25) is 4.79 Å². The predicted molar refractivity (Wildman–Crippen MR) is 72.5 cm³/mol. The van der Waals surface area contributed by atoms with Gasteiger partial charge in [-0.2, -0.15) is 0 Å². The molecular weight excluding hydrogens is 262 g/mol. The topological polar surface area (TPSA) is 97.4 Å². The van der Waals surface area contributed by atoms with Crippen LogP contribution in [0.25, 0.3) is 0 Å². The molecule has 114 valence electrons. The molecule has 7 heteroatoms. The molecule has 2 aliphatic heterocycles. The molecule has 1 unspecified atom stereocenters. The zero-order valence-electron chi connectivity index (χ0n) is 11.9. The number of hydrogen-bond acceptors (Lipinski definition) is 5. The fourth-order valence-electron chi connectivity index (χ4n) is 3.01. The van der Waals surface area contributed by atoms with Crippen molar-refractivity contribution >= 4 is 11.7 Å². The highest BCUT2D eigenvalue weighted by Crippen LogP contribution is 2.34. The third-order valence-electron chi connectivity index (χ3n) is 4.35. The molecule has 1 amide bonds. The van der Waals surface area contributed by atoms with Crippen molar-refractivity contribution in [2.75, 3.05) is 33.4 Å². The van der Waals surface area contributed by atoms with E-state index in [0.717, 1.165) is 12.8 Å². The molecule has 2 heterocycles. The van der Waals surface area contributed by atoms with E-state index in [2.05, 4.69) is 5.16 Å². The number of amidine groups is 1. The van der Waals surface area contributed by atoms with Crippen molar-refractivity contribution in [1.29, 1.82) is 0 Å². The smallest absolute Gasteiger partial charge is 0.236 e. The summed E-state index contributed by atoms with van der Waals surface area (Å²) in [7, 11) is 1.66. The van der Waals surface area contributed by atoms with Gasteiger partial charge in [0.1, 0.15) is 5.41 Å². The maximum atomic E-state index is 12.9. The molecular formula is C13H23N3O4. The Morgan fingerprint density at radius 2 is 2.20 bits per heavy atom. The standard InChI is InChI=1S/C13H23N3O4/c1-19-10-3-2-6-16(9-10)12(17)13(11(14)15-18)4-7-20-8-5-13/h10,18H,2-9H2,1H3,(H2,14,15). The Balaban J connectivity index is 2.18. The Hall–Kier alpha value is -1.34. The van der Waals surface area contributed by atoms with Gasteiger partial charge in [0.2, 0.25) is 5.91 Å². The molecule has 0 radical (unpaired) electrons. The molecule has 0 aromatic carbocycles. The molecule has 2 saturated heterocycles. The number of piperidine rings is 1. The Morgan fingerprint density at radius 1 is 1.50 bits per heavy atom.